The summed E-state index contributed by atoms with van der Waals surface area (Å²) in [5.41, 5.74) is 5.93. The highest BCUT2D eigenvalue weighted by atomic mass is 32.5. The maximum absolute atomic E-state index is 14.6. The fourth-order valence-corrected chi connectivity index (χ4v) is 6.56. The van der Waals surface area contributed by atoms with Gasteiger partial charge in [0, 0.05) is 0 Å². The second-order valence-corrected chi connectivity index (χ2v) is 11.8. The molecule has 21 heteroatoms. The molecule has 3 rings (SSSR count). The number of nitrogens with zero attached hydrogens (tertiary/aromatic N) is 4. The maximum atomic E-state index is 14.6. The average molecular weight is 525 g/mol. The number of hydrogen-bond donors (Lipinski definition) is 6. The first-order valence-electron chi connectivity index (χ1n) is 7.88. The highest BCUT2D eigenvalue weighted by molar-refractivity contribution is 8.08. The van der Waals surface area contributed by atoms with Crippen LogP contribution in [0.4, 0.5) is 10.2 Å². The van der Waals surface area contributed by atoms with E-state index >= 15 is 0 Å². The number of aromatic nitrogens is 4. The summed E-state index contributed by atoms with van der Waals surface area (Å²) in [4.78, 5) is 47.7. The molecule has 1 aliphatic rings. The summed E-state index contributed by atoms with van der Waals surface area (Å²) < 4.78 is 55.6. The van der Waals surface area contributed by atoms with Gasteiger partial charge in [-0.05, 0) is 11.8 Å². The summed E-state index contributed by atoms with van der Waals surface area (Å²) >= 11 is 4.45. The Kier molecular flexibility index (Phi) is 6.97. The summed E-state index contributed by atoms with van der Waals surface area (Å²) in [6.45, 7) is -5.47. The van der Waals surface area contributed by atoms with Crippen LogP contribution in [-0.2, 0) is 38.8 Å². The van der Waals surface area contributed by atoms with E-state index in [-0.39, 0.29) is 17.0 Å². The molecule has 16 nitrogen and oxygen atoms in total. The van der Waals surface area contributed by atoms with Gasteiger partial charge in [-0.2, -0.15) is 4.31 Å². The van der Waals surface area contributed by atoms with Crippen molar-refractivity contribution in [3.05, 3.63) is 12.7 Å². The minimum Gasteiger partial charge on any atom is -0.387 e. The van der Waals surface area contributed by atoms with Gasteiger partial charge in [-0.25, -0.2) is 32.8 Å². The van der Waals surface area contributed by atoms with Crippen molar-refractivity contribution in [2.24, 2.45) is 0 Å². The van der Waals surface area contributed by atoms with E-state index in [0.29, 0.717) is 0 Å². The third-order valence-electron chi connectivity index (χ3n) is 3.77. The lowest BCUT2D eigenvalue weighted by Gasteiger charge is -2.21. The number of alkyl halides is 1. The highest BCUT2D eigenvalue weighted by Crippen LogP contribution is 2.66. The van der Waals surface area contributed by atoms with Crippen molar-refractivity contribution in [3.8, 4) is 0 Å². The van der Waals surface area contributed by atoms with Gasteiger partial charge in [-0.3, -0.25) is 4.57 Å². The molecule has 174 valence electrons. The van der Waals surface area contributed by atoms with E-state index in [4.69, 9.17) is 24.8 Å². The van der Waals surface area contributed by atoms with E-state index in [1.54, 1.807) is 0 Å². The molecule has 1 saturated heterocycles. The number of fused-ring (bicyclic) bond motifs is 1. The minimum absolute atomic E-state index is 0.0293. The third-order valence-corrected chi connectivity index (χ3v) is 8.49. The SMILES string of the molecule is Nc1ncnc2c1ncn2[C@@H]1O[C@H](COP(O)(=S)OP(=O)(O)OP(=O)(O)O)[C@H](O)C1F. The zero-order valence-corrected chi connectivity index (χ0v) is 18.4. The summed E-state index contributed by atoms with van der Waals surface area (Å²) in [5, 5.41) is 10.1. The summed E-state index contributed by atoms with van der Waals surface area (Å²) in [6.07, 6.45) is -4.45. The fourth-order valence-electron chi connectivity index (χ4n) is 2.59. The van der Waals surface area contributed by atoms with Gasteiger partial charge < -0.3 is 39.7 Å². The average Bonchev–Trinajstić information content (AvgIpc) is 3.13. The second-order valence-electron chi connectivity index (χ2n) is 5.97. The molecule has 2 aromatic rings. The Morgan fingerprint density at radius 3 is 2.55 bits per heavy atom. The van der Waals surface area contributed by atoms with Crippen LogP contribution in [0.2, 0.25) is 0 Å². The first-order valence-corrected chi connectivity index (χ1v) is 13.5. The van der Waals surface area contributed by atoms with Gasteiger partial charge in [0.05, 0.1) is 12.9 Å². The minimum atomic E-state index is -5.52. The lowest BCUT2D eigenvalue weighted by Crippen LogP contribution is -2.31. The second kappa shape index (κ2) is 8.76. The number of aliphatic hydroxyl groups excluding tert-OH is 1. The normalized spacial score (nSPS) is 28.5. The topological polar surface area (TPSA) is 242 Å². The molecule has 1 aliphatic heterocycles. The molecule has 0 amide bonds. The van der Waals surface area contributed by atoms with Gasteiger partial charge in [0.1, 0.15) is 24.1 Å². The molecular weight excluding hydrogens is 510 g/mol. The van der Waals surface area contributed by atoms with Crippen molar-refractivity contribution in [1.29, 1.82) is 0 Å². The van der Waals surface area contributed by atoms with Crippen molar-refractivity contribution >= 4 is 51.2 Å². The molecule has 1 fully saturated rings. The van der Waals surface area contributed by atoms with Crippen LogP contribution < -0.4 is 5.73 Å². The predicted octanol–water partition coefficient (Wildman–Crippen LogP) is -0.535. The van der Waals surface area contributed by atoms with Crippen LogP contribution in [0, 0.1) is 0 Å². The van der Waals surface area contributed by atoms with Crippen LogP contribution in [0.25, 0.3) is 11.2 Å². The third kappa shape index (κ3) is 5.89. The van der Waals surface area contributed by atoms with Crippen LogP contribution in [0.1, 0.15) is 6.23 Å². The number of phosphoric acid groups is 2. The van der Waals surface area contributed by atoms with Crippen molar-refractivity contribution in [2.75, 3.05) is 12.3 Å². The molecule has 3 heterocycles. The number of halogens is 1. The van der Waals surface area contributed by atoms with E-state index in [9.17, 15) is 28.4 Å². The largest absolute Gasteiger partial charge is 0.488 e. The molecular formula is C10H15FN5O11P3S. The Bertz CT molecular complexity index is 1110. The first-order chi connectivity index (χ1) is 14.2. The molecule has 0 aromatic carbocycles. The van der Waals surface area contributed by atoms with Gasteiger partial charge in [0.2, 0.25) is 0 Å². The van der Waals surface area contributed by atoms with Crippen molar-refractivity contribution < 1.29 is 56.1 Å². The Morgan fingerprint density at radius 1 is 1.23 bits per heavy atom. The monoisotopic (exact) mass is 525 g/mol. The van der Waals surface area contributed by atoms with Crippen LogP contribution in [0.15, 0.2) is 12.7 Å². The molecule has 0 bridgehead atoms. The summed E-state index contributed by atoms with van der Waals surface area (Å²) in [5.74, 6) is 0.0293. The molecule has 7 N–H and O–H groups in total. The van der Waals surface area contributed by atoms with E-state index in [2.05, 4.69) is 35.4 Å². The van der Waals surface area contributed by atoms with E-state index in [1.165, 1.54) is 0 Å². The number of nitrogens with two attached hydrogens (primary N) is 1. The lowest BCUT2D eigenvalue weighted by atomic mass is 10.1. The van der Waals surface area contributed by atoms with Gasteiger partial charge in [-0.1, -0.05) is 0 Å². The zero-order chi connectivity index (χ0) is 23.2. The summed E-state index contributed by atoms with van der Waals surface area (Å²) in [7, 11) is -11.0. The van der Waals surface area contributed by atoms with Crippen LogP contribution in [-0.4, -0.2) is 69.2 Å². The number of hydrogen-bond acceptors (Lipinski definition) is 12. The quantitative estimate of drug-likeness (QED) is 0.237. The highest BCUT2D eigenvalue weighted by Gasteiger charge is 2.47. The first kappa shape index (κ1) is 24.7. The summed E-state index contributed by atoms with van der Waals surface area (Å²) in [6, 6.07) is 0. The van der Waals surface area contributed by atoms with E-state index < -0.39 is 53.6 Å². The maximum Gasteiger partial charge on any atom is 0.488 e. The molecule has 2 aromatic heterocycles. The number of ether oxygens (including phenoxy) is 1. The lowest BCUT2D eigenvalue weighted by molar-refractivity contribution is -0.0428. The standard InChI is InChI=1S/C10H15FN5O11P3S/c11-5-7(17)4(1-24-30(23,31)27-29(21,22)26-28(18,19)20)25-10(5)16-3-15-6-8(12)13-2-14-9(6)16/h2-5,7,10,17H,1H2,(H,21,22)(H,23,31)(H2,12,13,14)(H2,18,19,20)/t4-,5?,7+,10-,30?/m1/s1. The molecule has 6 atom stereocenters. The Morgan fingerprint density at radius 2 is 1.90 bits per heavy atom. The van der Waals surface area contributed by atoms with Crippen molar-refractivity contribution in [3.63, 3.8) is 0 Å². The molecule has 31 heavy (non-hydrogen) atoms. The number of anilines is 1. The fraction of sp³-hybridized carbons (Fsp3) is 0.500. The number of imidazole rings is 1. The molecule has 3 unspecified atom stereocenters. The van der Waals surface area contributed by atoms with E-state index in [0.717, 1.165) is 17.2 Å². The van der Waals surface area contributed by atoms with Gasteiger partial charge in [0.25, 0.3) is 0 Å². The number of rotatable bonds is 8. The number of aliphatic hydroxyl groups is 1. The Hall–Kier alpha value is -0.970. The van der Waals surface area contributed by atoms with Crippen LogP contribution in [0.3, 0.4) is 0 Å². The molecule has 0 radical (unpaired) electrons. The molecule has 0 aliphatic carbocycles. The molecule has 0 spiro atoms. The van der Waals surface area contributed by atoms with Gasteiger partial charge >= 0.3 is 22.4 Å². The predicted molar refractivity (Wildman–Crippen MR) is 101 cm³/mol. The molecule has 0 saturated carbocycles. The Labute approximate surface area is 176 Å². The Balaban J connectivity index is 1.69. The van der Waals surface area contributed by atoms with Crippen LogP contribution in [0.5, 0.6) is 0 Å². The zero-order valence-electron chi connectivity index (χ0n) is 14.9. The number of nitrogen functional groups attached to an aromatic ring is 1. The van der Waals surface area contributed by atoms with E-state index in [1.807, 2.05) is 0 Å². The smallest absolute Gasteiger partial charge is 0.387 e. The van der Waals surface area contributed by atoms with Gasteiger partial charge in [0.15, 0.2) is 23.9 Å². The van der Waals surface area contributed by atoms with Gasteiger partial charge in [-0.15, -0.1) is 0 Å². The van der Waals surface area contributed by atoms with Crippen molar-refractivity contribution in [1.82, 2.24) is 19.5 Å². The van der Waals surface area contributed by atoms with Crippen LogP contribution >= 0.6 is 22.4 Å². The van der Waals surface area contributed by atoms with Crippen molar-refractivity contribution in [2.45, 2.75) is 24.6 Å².